The Hall–Kier alpha value is -3.33. The molecule has 1 atom stereocenters. The lowest BCUT2D eigenvalue weighted by molar-refractivity contribution is 0.646. The molecular formula is C16H11N7OS. The zero-order valence-corrected chi connectivity index (χ0v) is 13.6. The van der Waals surface area contributed by atoms with Crippen LogP contribution in [0.5, 0.6) is 0 Å². The van der Waals surface area contributed by atoms with E-state index in [1.54, 1.807) is 4.52 Å². The molecule has 4 aromatic rings. The molecule has 0 fully saturated rings. The zero-order valence-electron chi connectivity index (χ0n) is 12.7. The number of hydrogen-bond acceptors (Lipinski definition) is 5. The zero-order chi connectivity index (χ0) is 17.0. The van der Waals surface area contributed by atoms with Crippen LogP contribution in [-0.4, -0.2) is 29.4 Å². The first-order valence-corrected chi connectivity index (χ1v) is 8.00. The summed E-state index contributed by atoms with van der Waals surface area (Å²) < 4.78 is 3.02. The molecule has 0 saturated heterocycles. The van der Waals surface area contributed by atoms with E-state index in [1.807, 2.05) is 36.4 Å². The minimum absolute atomic E-state index is 0.234. The van der Waals surface area contributed by atoms with Crippen molar-refractivity contribution in [3.63, 3.8) is 0 Å². The van der Waals surface area contributed by atoms with Gasteiger partial charge in [0.2, 0.25) is 0 Å². The van der Waals surface area contributed by atoms with Crippen molar-refractivity contribution in [3.05, 3.63) is 70.5 Å². The molecule has 0 amide bonds. The molecule has 0 spiro atoms. The summed E-state index contributed by atoms with van der Waals surface area (Å²) in [6, 6.07) is 11.5. The van der Waals surface area contributed by atoms with E-state index in [0.29, 0.717) is 21.8 Å². The normalized spacial score (nSPS) is 16.5. The van der Waals surface area contributed by atoms with Gasteiger partial charge in [-0.2, -0.15) is 14.6 Å². The smallest absolute Gasteiger partial charge is 0.280 e. The number of aromatic nitrogens is 5. The minimum atomic E-state index is -0.251. The van der Waals surface area contributed by atoms with Crippen LogP contribution in [0.15, 0.2) is 53.7 Å². The summed E-state index contributed by atoms with van der Waals surface area (Å²) in [6.45, 7) is 0. The standard InChI is InChI=1S/C16H11N7OS/c24-14-10-7-17-15-18-8-19-23(15)11(10)6-12-13(9-4-2-1-3-5-9)20-16(25)21-22(12)14/h1-8,13H,(H2,20,21,25)/t13-/m0/s1. The Balaban J connectivity index is 1.87. The van der Waals surface area contributed by atoms with Crippen molar-refractivity contribution in [2.45, 2.75) is 6.04 Å². The summed E-state index contributed by atoms with van der Waals surface area (Å²) >= 11 is 5.28. The topological polar surface area (TPSA) is 89.1 Å². The van der Waals surface area contributed by atoms with Crippen molar-refractivity contribution in [2.75, 3.05) is 5.43 Å². The van der Waals surface area contributed by atoms with Crippen molar-refractivity contribution in [3.8, 4) is 0 Å². The molecule has 1 aliphatic heterocycles. The molecule has 0 unspecified atom stereocenters. The summed E-state index contributed by atoms with van der Waals surface area (Å²) in [5.41, 5.74) is 5.07. The van der Waals surface area contributed by atoms with Gasteiger partial charge >= 0.3 is 0 Å². The van der Waals surface area contributed by atoms with Gasteiger partial charge in [0.25, 0.3) is 11.3 Å². The molecule has 0 saturated carbocycles. The molecular weight excluding hydrogens is 338 g/mol. The van der Waals surface area contributed by atoms with E-state index in [0.717, 1.165) is 11.3 Å². The summed E-state index contributed by atoms with van der Waals surface area (Å²) in [7, 11) is 0. The Morgan fingerprint density at radius 1 is 1.16 bits per heavy atom. The Labute approximate surface area is 146 Å². The fraction of sp³-hybridized carbons (Fsp3) is 0.0625. The highest BCUT2D eigenvalue weighted by atomic mass is 32.1. The summed E-state index contributed by atoms with van der Waals surface area (Å²) in [4.78, 5) is 21.2. The van der Waals surface area contributed by atoms with E-state index in [-0.39, 0.29) is 11.6 Å². The van der Waals surface area contributed by atoms with Crippen molar-refractivity contribution in [1.29, 1.82) is 0 Å². The van der Waals surface area contributed by atoms with E-state index in [9.17, 15) is 4.79 Å². The second kappa shape index (κ2) is 5.08. The third-order valence-electron chi connectivity index (χ3n) is 4.24. The molecule has 25 heavy (non-hydrogen) atoms. The SMILES string of the molecule is O=c1c2cnc3ncnn3c2cc2n1NC(=S)N[C@H]2c1ccccc1. The molecule has 3 aromatic heterocycles. The number of benzene rings is 1. The van der Waals surface area contributed by atoms with Gasteiger partial charge in [0.05, 0.1) is 22.6 Å². The van der Waals surface area contributed by atoms with Gasteiger partial charge in [-0.15, -0.1) is 0 Å². The predicted octanol–water partition coefficient (Wildman–Crippen LogP) is 0.960. The molecule has 5 rings (SSSR count). The minimum Gasteiger partial charge on any atom is -0.349 e. The lowest BCUT2D eigenvalue weighted by Gasteiger charge is -2.30. The largest absolute Gasteiger partial charge is 0.349 e. The van der Waals surface area contributed by atoms with Gasteiger partial charge in [0, 0.05) is 6.20 Å². The van der Waals surface area contributed by atoms with Crippen LogP contribution in [-0.2, 0) is 0 Å². The number of pyridine rings is 1. The Kier molecular flexibility index (Phi) is 2.86. The number of hydrogen-bond donors (Lipinski definition) is 2. The first-order chi connectivity index (χ1) is 12.2. The van der Waals surface area contributed by atoms with Crippen molar-refractivity contribution >= 4 is 34.0 Å². The molecule has 122 valence electrons. The third kappa shape index (κ3) is 2.02. The Morgan fingerprint density at radius 2 is 2.00 bits per heavy atom. The maximum absolute atomic E-state index is 13.0. The average molecular weight is 349 g/mol. The molecule has 4 heterocycles. The second-order valence-corrected chi connectivity index (χ2v) is 6.08. The van der Waals surface area contributed by atoms with E-state index >= 15 is 0 Å². The van der Waals surface area contributed by atoms with Gasteiger partial charge in [-0.05, 0) is 23.8 Å². The van der Waals surface area contributed by atoms with Gasteiger partial charge in [0.15, 0.2) is 5.11 Å². The van der Waals surface area contributed by atoms with Crippen LogP contribution in [0, 0.1) is 0 Å². The summed E-state index contributed by atoms with van der Waals surface area (Å²) in [6.07, 6.45) is 2.93. The molecule has 2 N–H and O–H groups in total. The maximum Gasteiger partial charge on any atom is 0.280 e. The maximum atomic E-state index is 13.0. The Morgan fingerprint density at radius 3 is 2.84 bits per heavy atom. The quantitative estimate of drug-likeness (QED) is 0.495. The lowest BCUT2D eigenvalue weighted by atomic mass is 10.0. The fourth-order valence-electron chi connectivity index (χ4n) is 3.11. The molecule has 1 aromatic carbocycles. The number of thiocarbonyl (C=S) groups is 1. The van der Waals surface area contributed by atoms with Gasteiger partial charge < -0.3 is 5.32 Å². The highest BCUT2D eigenvalue weighted by molar-refractivity contribution is 7.80. The second-order valence-electron chi connectivity index (χ2n) is 5.67. The lowest BCUT2D eigenvalue weighted by Crippen LogP contribution is -2.49. The van der Waals surface area contributed by atoms with Gasteiger partial charge in [-0.1, -0.05) is 30.3 Å². The van der Waals surface area contributed by atoms with Crippen LogP contribution in [0.1, 0.15) is 17.3 Å². The molecule has 0 bridgehead atoms. The van der Waals surface area contributed by atoms with E-state index in [4.69, 9.17) is 12.2 Å². The van der Waals surface area contributed by atoms with E-state index in [2.05, 4.69) is 25.8 Å². The van der Waals surface area contributed by atoms with Crippen molar-refractivity contribution < 1.29 is 0 Å². The summed E-state index contributed by atoms with van der Waals surface area (Å²) in [5.74, 6) is 0.445. The monoisotopic (exact) mass is 349 g/mol. The van der Waals surface area contributed by atoms with Crippen LogP contribution >= 0.6 is 12.2 Å². The third-order valence-corrected chi connectivity index (χ3v) is 4.45. The van der Waals surface area contributed by atoms with Gasteiger partial charge in [-0.25, -0.2) is 9.66 Å². The first kappa shape index (κ1) is 14.1. The van der Waals surface area contributed by atoms with Crippen LogP contribution in [0.2, 0.25) is 0 Å². The van der Waals surface area contributed by atoms with Crippen LogP contribution in [0.3, 0.4) is 0 Å². The number of nitrogens with one attached hydrogen (secondary N) is 2. The fourth-order valence-corrected chi connectivity index (χ4v) is 3.32. The van der Waals surface area contributed by atoms with Crippen LogP contribution in [0.25, 0.3) is 16.7 Å². The van der Waals surface area contributed by atoms with Crippen LogP contribution in [0.4, 0.5) is 0 Å². The van der Waals surface area contributed by atoms with Crippen molar-refractivity contribution in [2.24, 2.45) is 0 Å². The average Bonchev–Trinajstić information content (AvgIpc) is 3.12. The van der Waals surface area contributed by atoms with Gasteiger partial charge in [0.1, 0.15) is 6.33 Å². The number of fused-ring (bicyclic) bond motifs is 4. The number of nitrogens with zero attached hydrogens (tertiary/aromatic N) is 5. The summed E-state index contributed by atoms with van der Waals surface area (Å²) in [5, 5.41) is 8.22. The molecule has 1 aliphatic rings. The highest BCUT2D eigenvalue weighted by Crippen LogP contribution is 2.25. The molecule has 0 aliphatic carbocycles. The Bertz CT molecular complexity index is 1200. The molecule has 0 radical (unpaired) electrons. The number of rotatable bonds is 1. The first-order valence-electron chi connectivity index (χ1n) is 7.59. The van der Waals surface area contributed by atoms with E-state index in [1.165, 1.54) is 17.2 Å². The molecule has 9 heteroatoms. The van der Waals surface area contributed by atoms with Gasteiger partial charge in [-0.3, -0.25) is 10.2 Å². The highest BCUT2D eigenvalue weighted by Gasteiger charge is 2.26. The van der Waals surface area contributed by atoms with Crippen molar-refractivity contribution in [1.82, 2.24) is 29.6 Å². The predicted molar refractivity (Wildman–Crippen MR) is 95.9 cm³/mol. The van der Waals surface area contributed by atoms with Crippen LogP contribution < -0.4 is 16.3 Å². The van der Waals surface area contributed by atoms with E-state index < -0.39 is 0 Å². The molecule has 8 nitrogen and oxygen atoms in total.